The van der Waals surface area contributed by atoms with E-state index in [4.69, 9.17) is 18.9 Å². The molecule has 1 heterocycles. The normalized spacial score (nSPS) is 22.7. The number of hydrogen-bond donors (Lipinski definition) is 1. The van der Waals surface area contributed by atoms with Crippen molar-refractivity contribution in [2.75, 3.05) is 6.61 Å². The van der Waals surface area contributed by atoms with E-state index in [0.717, 1.165) is 16.7 Å². The van der Waals surface area contributed by atoms with Crippen molar-refractivity contribution in [1.82, 2.24) is 4.72 Å². The van der Waals surface area contributed by atoms with Gasteiger partial charge in [0.15, 0.2) is 0 Å². The van der Waals surface area contributed by atoms with E-state index in [-0.39, 0.29) is 0 Å². The fourth-order valence-electron chi connectivity index (χ4n) is 4.02. The van der Waals surface area contributed by atoms with Gasteiger partial charge in [-0.15, -0.1) is 0 Å². The van der Waals surface area contributed by atoms with Crippen LogP contribution in [-0.4, -0.2) is 40.1 Å². The lowest BCUT2D eigenvalue weighted by atomic mass is 10.1. The zero-order valence-corrected chi connectivity index (χ0v) is 22.6. The summed E-state index contributed by atoms with van der Waals surface area (Å²) in [5.74, 6) is 0. The summed E-state index contributed by atoms with van der Waals surface area (Å²) < 4.78 is 41.0. The van der Waals surface area contributed by atoms with Crippen LogP contribution in [0.2, 0.25) is 0 Å². The van der Waals surface area contributed by atoms with E-state index >= 15 is 0 Å². The molecule has 6 nitrogen and oxygen atoms in total. The van der Waals surface area contributed by atoms with Crippen LogP contribution < -0.4 is 4.72 Å². The Morgan fingerprint density at radius 2 is 1.19 bits per heavy atom. The zero-order valence-electron chi connectivity index (χ0n) is 21.7. The van der Waals surface area contributed by atoms with Crippen molar-refractivity contribution in [3.8, 4) is 0 Å². The molecule has 3 aromatic carbocycles. The molecule has 0 amide bonds. The second-order valence-corrected chi connectivity index (χ2v) is 12.1. The average Bonchev–Trinajstić information content (AvgIpc) is 3.23. The van der Waals surface area contributed by atoms with Crippen molar-refractivity contribution in [3.05, 3.63) is 108 Å². The van der Waals surface area contributed by atoms with Gasteiger partial charge in [0.1, 0.15) is 24.5 Å². The molecule has 37 heavy (non-hydrogen) atoms. The van der Waals surface area contributed by atoms with Crippen molar-refractivity contribution in [2.45, 2.75) is 69.9 Å². The highest BCUT2D eigenvalue weighted by molar-refractivity contribution is 7.84. The van der Waals surface area contributed by atoms with Gasteiger partial charge in [-0.05, 0) is 37.5 Å². The molecule has 1 N–H and O–H groups in total. The van der Waals surface area contributed by atoms with Crippen molar-refractivity contribution >= 4 is 11.0 Å². The van der Waals surface area contributed by atoms with E-state index in [2.05, 4.69) is 4.72 Å². The van der Waals surface area contributed by atoms with Gasteiger partial charge >= 0.3 is 0 Å². The highest BCUT2D eigenvalue weighted by Crippen LogP contribution is 2.29. The summed E-state index contributed by atoms with van der Waals surface area (Å²) in [6.45, 7) is 7.36. The Morgan fingerprint density at radius 3 is 1.68 bits per heavy atom. The molecule has 4 rings (SSSR count). The van der Waals surface area contributed by atoms with Gasteiger partial charge in [0.05, 0.1) is 42.2 Å². The quantitative estimate of drug-likeness (QED) is 0.356. The number of benzene rings is 3. The molecule has 0 bridgehead atoms. The molecule has 0 aromatic heterocycles. The van der Waals surface area contributed by atoms with E-state index in [0.29, 0.717) is 26.4 Å². The van der Waals surface area contributed by atoms with E-state index in [9.17, 15) is 4.21 Å². The lowest BCUT2D eigenvalue weighted by molar-refractivity contribution is -0.0898. The molecule has 198 valence electrons. The summed E-state index contributed by atoms with van der Waals surface area (Å²) in [4.78, 5) is 0. The maximum Gasteiger partial charge on any atom is 0.148 e. The predicted molar refractivity (Wildman–Crippen MR) is 146 cm³/mol. The van der Waals surface area contributed by atoms with E-state index < -0.39 is 40.3 Å². The Morgan fingerprint density at radius 1 is 0.730 bits per heavy atom. The van der Waals surface area contributed by atoms with Crippen molar-refractivity contribution in [2.24, 2.45) is 0 Å². The molecule has 0 saturated carbocycles. The van der Waals surface area contributed by atoms with Gasteiger partial charge in [0.25, 0.3) is 0 Å². The second kappa shape index (κ2) is 13.4. The van der Waals surface area contributed by atoms with Gasteiger partial charge in [-0.1, -0.05) is 91.0 Å². The number of ether oxygens (including phenoxy) is 4. The molecule has 0 spiro atoms. The van der Waals surface area contributed by atoms with Crippen LogP contribution in [0.3, 0.4) is 0 Å². The van der Waals surface area contributed by atoms with Crippen LogP contribution in [-0.2, 0) is 49.8 Å². The zero-order chi connectivity index (χ0) is 26.1. The molecule has 7 heteroatoms. The summed E-state index contributed by atoms with van der Waals surface area (Å²) in [6, 6.07) is 30.0. The number of rotatable bonds is 12. The van der Waals surface area contributed by atoms with Crippen LogP contribution >= 0.6 is 0 Å². The van der Waals surface area contributed by atoms with Crippen LogP contribution in [0.25, 0.3) is 0 Å². The number of hydrogen-bond acceptors (Lipinski definition) is 5. The van der Waals surface area contributed by atoms with Gasteiger partial charge in [0.2, 0.25) is 0 Å². The molecule has 1 aliphatic heterocycles. The fraction of sp³-hybridized carbons (Fsp3) is 0.400. The monoisotopic (exact) mass is 523 g/mol. The third-order valence-corrected chi connectivity index (χ3v) is 7.61. The highest BCUT2D eigenvalue weighted by Gasteiger charge is 2.47. The second-order valence-electron chi connectivity index (χ2n) is 10.1. The first kappa shape index (κ1) is 27.6. The van der Waals surface area contributed by atoms with Crippen LogP contribution in [0.5, 0.6) is 0 Å². The molecule has 3 aromatic rings. The summed E-state index contributed by atoms with van der Waals surface area (Å²) in [7, 11) is -1.35. The minimum atomic E-state index is -1.35. The van der Waals surface area contributed by atoms with Crippen molar-refractivity contribution in [1.29, 1.82) is 0 Å². The maximum atomic E-state index is 13.0. The first-order chi connectivity index (χ1) is 17.9. The summed E-state index contributed by atoms with van der Waals surface area (Å²) in [6.07, 6.45) is -1.92. The van der Waals surface area contributed by atoms with Gasteiger partial charge in [0, 0.05) is 0 Å². The largest absolute Gasteiger partial charge is 0.374 e. The smallest absolute Gasteiger partial charge is 0.148 e. The molecule has 1 aliphatic rings. The summed E-state index contributed by atoms with van der Waals surface area (Å²) in [5.41, 5.74) is 3.19. The Hall–Kier alpha value is -2.39. The summed E-state index contributed by atoms with van der Waals surface area (Å²) >= 11 is 0. The number of nitrogens with one attached hydrogen (secondary N) is 1. The topological polar surface area (TPSA) is 66.0 Å². The molecule has 1 saturated heterocycles. The average molecular weight is 524 g/mol. The highest BCUT2D eigenvalue weighted by atomic mass is 32.2. The SMILES string of the molecule is CC(C)(C)S(=O)NC1O[C@H](COCc2ccccc2)[C@@H](OCc2ccccc2)[C@H]1OCc1ccccc1. The first-order valence-corrected chi connectivity index (χ1v) is 13.8. The van der Waals surface area contributed by atoms with Gasteiger partial charge in [-0.2, -0.15) is 0 Å². The van der Waals surface area contributed by atoms with E-state index in [1.54, 1.807) is 0 Å². The Labute approximate surface area is 222 Å². The third-order valence-electron chi connectivity index (χ3n) is 6.05. The van der Waals surface area contributed by atoms with Crippen LogP contribution in [0.4, 0.5) is 0 Å². The van der Waals surface area contributed by atoms with Crippen molar-refractivity contribution < 1.29 is 23.2 Å². The van der Waals surface area contributed by atoms with Gasteiger partial charge in [-0.25, -0.2) is 8.93 Å². The van der Waals surface area contributed by atoms with Gasteiger partial charge in [-0.3, -0.25) is 0 Å². The molecular formula is C30H37NO5S. The van der Waals surface area contributed by atoms with E-state index in [1.165, 1.54) is 0 Å². The fourth-order valence-corrected chi connectivity index (χ4v) is 4.78. The van der Waals surface area contributed by atoms with Gasteiger partial charge < -0.3 is 18.9 Å². The Kier molecular flexibility index (Phi) is 10.0. The molecule has 2 unspecified atom stereocenters. The van der Waals surface area contributed by atoms with E-state index in [1.807, 2.05) is 112 Å². The minimum absolute atomic E-state index is 0.319. The van der Waals surface area contributed by atoms with Crippen LogP contribution in [0, 0.1) is 0 Å². The van der Waals surface area contributed by atoms with Crippen LogP contribution in [0.1, 0.15) is 37.5 Å². The van der Waals surface area contributed by atoms with Crippen LogP contribution in [0.15, 0.2) is 91.0 Å². The standard InChI is InChI=1S/C30H37NO5S/c1-30(2,3)37(32)31-29-28(35-21-25-17-11-6-12-18-25)27(34-20-24-15-9-5-10-16-24)26(36-29)22-33-19-23-13-7-4-8-14-23/h4-18,26-29,31H,19-22H2,1-3H3/t26-,27-,28-,29?,37?/m1/s1. The molecule has 0 radical (unpaired) electrons. The predicted octanol–water partition coefficient (Wildman–Crippen LogP) is 5.15. The minimum Gasteiger partial charge on any atom is -0.374 e. The molecule has 1 fully saturated rings. The summed E-state index contributed by atoms with van der Waals surface area (Å²) in [5, 5.41) is 0. The first-order valence-electron chi connectivity index (χ1n) is 12.7. The molecule has 0 aliphatic carbocycles. The maximum absolute atomic E-state index is 13.0. The molecular weight excluding hydrogens is 486 g/mol. The lowest BCUT2D eigenvalue weighted by Gasteiger charge is -2.27. The Bertz CT molecular complexity index is 1090. The lowest BCUT2D eigenvalue weighted by Crippen LogP contribution is -2.47. The van der Waals surface area contributed by atoms with Crippen molar-refractivity contribution in [3.63, 3.8) is 0 Å². The third kappa shape index (κ3) is 8.30. The molecule has 5 atom stereocenters. The Balaban J connectivity index is 1.51.